The van der Waals surface area contributed by atoms with Gasteiger partial charge in [0.05, 0.1) is 6.61 Å². The number of carbonyl (C=O) groups excluding carboxylic acids is 2. The summed E-state index contributed by atoms with van der Waals surface area (Å²) in [6.07, 6.45) is 2.18. The summed E-state index contributed by atoms with van der Waals surface area (Å²) in [6.45, 7) is 1.91. The Bertz CT molecular complexity index is 986. The standard InChI is InChI=1S/C18H18N6O3/c25-17(19-5-7-24-6-2-8-27-18(24)26)13-4-1-3-12(9-13)14-10-15-16(20-11-14)22-23-21-15/h1,3-4,9-11H,2,5-8H2,(H,19,25)(H,20,21,22,23). The van der Waals surface area contributed by atoms with Gasteiger partial charge in [-0.3, -0.25) is 4.79 Å². The first-order chi connectivity index (χ1) is 13.2. The molecule has 0 unspecified atom stereocenters. The highest BCUT2D eigenvalue weighted by atomic mass is 16.6. The zero-order chi connectivity index (χ0) is 18.6. The van der Waals surface area contributed by atoms with Crippen molar-refractivity contribution < 1.29 is 14.3 Å². The zero-order valence-corrected chi connectivity index (χ0v) is 14.5. The Hall–Kier alpha value is -3.49. The van der Waals surface area contributed by atoms with Crippen LogP contribution in [0.3, 0.4) is 0 Å². The smallest absolute Gasteiger partial charge is 0.409 e. The highest BCUT2D eigenvalue weighted by Gasteiger charge is 2.19. The normalized spacial score (nSPS) is 14.2. The van der Waals surface area contributed by atoms with E-state index in [1.807, 2.05) is 18.2 Å². The molecule has 0 aliphatic carbocycles. The lowest BCUT2D eigenvalue weighted by molar-refractivity contribution is 0.0719. The number of cyclic esters (lactones) is 1. The second-order valence-electron chi connectivity index (χ2n) is 6.18. The summed E-state index contributed by atoms with van der Waals surface area (Å²) in [4.78, 5) is 29.9. The van der Waals surface area contributed by atoms with Crippen LogP contribution in [0.15, 0.2) is 36.5 Å². The quantitative estimate of drug-likeness (QED) is 0.709. The van der Waals surface area contributed by atoms with Gasteiger partial charge in [-0.25, -0.2) is 9.78 Å². The molecule has 2 amide bonds. The number of nitrogens with one attached hydrogen (secondary N) is 2. The molecule has 3 aromatic rings. The Morgan fingerprint density at radius 3 is 3.07 bits per heavy atom. The SMILES string of the molecule is O=C(NCCN1CCCOC1=O)c1cccc(-c2cnc3n[nH]nc3c2)c1. The monoisotopic (exact) mass is 366 g/mol. The van der Waals surface area contributed by atoms with Crippen LogP contribution in [0.1, 0.15) is 16.8 Å². The van der Waals surface area contributed by atoms with E-state index in [1.54, 1.807) is 23.2 Å². The summed E-state index contributed by atoms with van der Waals surface area (Å²) in [5, 5.41) is 13.3. The van der Waals surface area contributed by atoms with Crippen molar-refractivity contribution in [2.45, 2.75) is 6.42 Å². The molecule has 1 saturated heterocycles. The summed E-state index contributed by atoms with van der Waals surface area (Å²) in [5.41, 5.74) is 3.45. The van der Waals surface area contributed by atoms with Gasteiger partial charge in [-0.05, 0) is 30.2 Å². The first kappa shape index (κ1) is 17.0. The second kappa shape index (κ2) is 7.40. The van der Waals surface area contributed by atoms with Gasteiger partial charge in [0, 0.05) is 37.0 Å². The number of ether oxygens (including phenoxy) is 1. The molecule has 2 N–H and O–H groups in total. The molecule has 0 atom stereocenters. The molecule has 2 aromatic heterocycles. The summed E-state index contributed by atoms with van der Waals surface area (Å²) in [6, 6.07) is 9.14. The van der Waals surface area contributed by atoms with Crippen LogP contribution >= 0.6 is 0 Å². The molecule has 1 aromatic carbocycles. The third kappa shape index (κ3) is 3.71. The van der Waals surface area contributed by atoms with Crippen LogP contribution in [0.25, 0.3) is 22.3 Å². The molecule has 27 heavy (non-hydrogen) atoms. The predicted octanol–water partition coefficient (Wildman–Crippen LogP) is 1.59. The maximum absolute atomic E-state index is 12.4. The van der Waals surface area contributed by atoms with E-state index in [2.05, 4.69) is 25.7 Å². The van der Waals surface area contributed by atoms with Gasteiger partial charge in [0.25, 0.3) is 5.91 Å². The Kier molecular flexibility index (Phi) is 4.65. The highest BCUT2D eigenvalue weighted by molar-refractivity contribution is 5.95. The number of rotatable bonds is 5. The lowest BCUT2D eigenvalue weighted by Crippen LogP contribution is -2.42. The molecule has 9 heteroatoms. The molecule has 1 aliphatic rings. The number of fused-ring (bicyclic) bond motifs is 1. The fraction of sp³-hybridized carbons (Fsp3) is 0.278. The zero-order valence-electron chi connectivity index (χ0n) is 14.5. The van der Waals surface area contributed by atoms with Gasteiger partial charge in [-0.2, -0.15) is 10.3 Å². The summed E-state index contributed by atoms with van der Waals surface area (Å²) in [7, 11) is 0. The van der Waals surface area contributed by atoms with Crippen molar-refractivity contribution in [2.75, 3.05) is 26.2 Å². The molecule has 0 bridgehead atoms. The molecule has 9 nitrogen and oxygen atoms in total. The number of nitrogens with zero attached hydrogens (tertiary/aromatic N) is 4. The van der Waals surface area contributed by atoms with Crippen molar-refractivity contribution in [1.29, 1.82) is 0 Å². The average Bonchev–Trinajstić information content (AvgIpc) is 3.17. The van der Waals surface area contributed by atoms with Crippen molar-refractivity contribution in [2.24, 2.45) is 0 Å². The van der Waals surface area contributed by atoms with Gasteiger partial charge in [-0.15, -0.1) is 5.10 Å². The van der Waals surface area contributed by atoms with Gasteiger partial charge < -0.3 is 15.0 Å². The minimum Gasteiger partial charge on any atom is -0.449 e. The Balaban J connectivity index is 1.42. The number of aromatic amines is 1. The first-order valence-corrected chi connectivity index (χ1v) is 8.67. The topological polar surface area (TPSA) is 113 Å². The Labute approximate surface area is 154 Å². The first-order valence-electron chi connectivity index (χ1n) is 8.67. The van der Waals surface area contributed by atoms with E-state index in [0.717, 1.165) is 17.5 Å². The fourth-order valence-electron chi connectivity index (χ4n) is 2.95. The number of hydrogen-bond donors (Lipinski definition) is 2. The van der Waals surface area contributed by atoms with Crippen LogP contribution in [0, 0.1) is 0 Å². The van der Waals surface area contributed by atoms with Gasteiger partial charge in [0.2, 0.25) is 5.65 Å². The molecule has 4 rings (SSSR count). The molecule has 1 aliphatic heterocycles. The van der Waals surface area contributed by atoms with Crippen LogP contribution in [0.4, 0.5) is 4.79 Å². The number of carbonyl (C=O) groups is 2. The molecule has 0 spiro atoms. The highest BCUT2D eigenvalue weighted by Crippen LogP contribution is 2.22. The van der Waals surface area contributed by atoms with Gasteiger partial charge in [0.15, 0.2) is 0 Å². The summed E-state index contributed by atoms with van der Waals surface area (Å²) in [5.74, 6) is -0.197. The van der Waals surface area contributed by atoms with Crippen LogP contribution < -0.4 is 5.32 Å². The molecule has 3 heterocycles. The number of pyridine rings is 1. The van der Waals surface area contributed by atoms with Crippen molar-refractivity contribution in [3.05, 3.63) is 42.1 Å². The maximum Gasteiger partial charge on any atom is 0.409 e. The Morgan fingerprint density at radius 2 is 2.19 bits per heavy atom. The minimum atomic E-state index is -0.326. The van der Waals surface area contributed by atoms with Crippen molar-refractivity contribution in [3.63, 3.8) is 0 Å². The van der Waals surface area contributed by atoms with E-state index < -0.39 is 0 Å². The maximum atomic E-state index is 12.4. The van der Waals surface area contributed by atoms with Gasteiger partial charge >= 0.3 is 6.09 Å². The van der Waals surface area contributed by atoms with Gasteiger partial charge in [-0.1, -0.05) is 12.1 Å². The largest absolute Gasteiger partial charge is 0.449 e. The van der Waals surface area contributed by atoms with Crippen LogP contribution in [-0.4, -0.2) is 63.5 Å². The average molecular weight is 366 g/mol. The van der Waals surface area contributed by atoms with Crippen LogP contribution in [-0.2, 0) is 4.74 Å². The minimum absolute atomic E-state index is 0.197. The fourth-order valence-corrected chi connectivity index (χ4v) is 2.95. The lowest BCUT2D eigenvalue weighted by Gasteiger charge is -2.26. The third-order valence-corrected chi connectivity index (χ3v) is 4.36. The summed E-state index contributed by atoms with van der Waals surface area (Å²) >= 11 is 0. The number of H-pyrrole nitrogens is 1. The molecule has 138 valence electrons. The predicted molar refractivity (Wildman–Crippen MR) is 97.0 cm³/mol. The lowest BCUT2D eigenvalue weighted by atomic mass is 10.0. The Morgan fingerprint density at radius 1 is 1.26 bits per heavy atom. The number of amides is 2. The van der Waals surface area contributed by atoms with E-state index in [4.69, 9.17) is 4.74 Å². The van der Waals surface area contributed by atoms with E-state index in [9.17, 15) is 9.59 Å². The summed E-state index contributed by atoms with van der Waals surface area (Å²) < 4.78 is 4.98. The molecular formula is C18H18N6O3. The number of benzene rings is 1. The molecule has 0 radical (unpaired) electrons. The third-order valence-electron chi connectivity index (χ3n) is 4.36. The van der Waals surface area contributed by atoms with Crippen LogP contribution in [0.2, 0.25) is 0 Å². The van der Waals surface area contributed by atoms with E-state index in [1.165, 1.54) is 0 Å². The van der Waals surface area contributed by atoms with E-state index in [0.29, 0.717) is 43.0 Å². The second-order valence-corrected chi connectivity index (χ2v) is 6.18. The van der Waals surface area contributed by atoms with E-state index >= 15 is 0 Å². The molecule has 1 fully saturated rings. The number of aromatic nitrogens is 4. The van der Waals surface area contributed by atoms with Crippen LogP contribution in [0.5, 0.6) is 0 Å². The van der Waals surface area contributed by atoms with Crippen molar-refractivity contribution in [3.8, 4) is 11.1 Å². The number of hydrogen-bond acceptors (Lipinski definition) is 6. The van der Waals surface area contributed by atoms with Gasteiger partial charge in [0.1, 0.15) is 5.52 Å². The van der Waals surface area contributed by atoms with Crippen molar-refractivity contribution in [1.82, 2.24) is 30.6 Å². The molecular weight excluding hydrogens is 348 g/mol. The molecule has 0 saturated carbocycles. The van der Waals surface area contributed by atoms with E-state index in [-0.39, 0.29) is 12.0 Å². The van der Waals surface area contributed by atoms with Crippen molar-refractivity contribution >= 4 is 23.2 Å².